The first-order valence-electron chi connectivity index (χ1n) is 11.5. The van der Waals surface area contributed by atoms with Crippen molar-refractivity contribution in [2.24, 2.45) is 0 Å². The summed E-state index contributed by atoms with van der Waals surface area (Å²) < 4.78 is 14.5. The van der Waals surface area contributed by atoms with Crippen LogP contribution in [0.1, 0.15) is 19.4 Å². The number of aromatic nitrogens is 4. The summed E-state index contributed by atoms with van der Waals surface area (Å²) in [5, 5.41) is 0.539. The smallest absolute Gasteiger partial charge is 0.335 e. The minimum Gasteiger partial charge on any atom is -0.493 e. The van der Waals surface area contributed by atoms with Crippen LogP contribution in [0.25, 0.3) is 16.9 Å². The monoisotopic (exact) mass is 518 g/mol. The van der Waals surface area contributed by atoms with Crippen molar-refractivity contribution in [3.8, 4) is 34.8 Å². The van der Waals surface area contributed by atoms with Gasteiger partial charge in [-0.25, -0.2) is 14.8 Å². The number of nitrogens with zero attached hydrogens (tertiary/aromatic N) is 5. The zero-order valence-electron chi connectivity index (χ0n) is 20.1. The molecule has 188 valence electrons. The molecule has 1 fully saturated rings. The van der Waals surface area contributed by atoms with Gasteiger partial charge < -0.3 is 20.1 Å². The fourth-order valence-corrected chi connectivity index (χ4v) is 4.68. The van der Waals surface area contributed by atoms with Gasteiger partial charge in [0.2, 0.25) is 0 Å². The normalized spacial score (nSPS) is 14.9. The van der Waals surface area contributed by atoms with Gasteiger partial charge in [-0.3, -0.25) is 13.9 Å². The molecule has 0 radical (unpaired) electrons. The molecule has 10 nitrogen and oxygen atoms in total. The minimum absolute atomic E-state index is 0.154. The van der Waals surface area contributed by atoms with Crippen LogP contribution in [0.4, 0.5) is 5.82 Å². The zero-order chi connectivity index (χ0) is 26.1. The Hall–Kier alpha value is -4.49. The molecule has 37 heavy (non-hydrogen) atoms. The van der Waals surface area contributed by atoms with Gasteiger partial charge in [-0.05, 0) is 49.6 Å². The Kier molecular flexibility index (Phi) is 6.46. The highest BCUT2D eigenvalue weighted by atomic mass is 35.5. The van der Waals surface area contributed by atoms with Gasteiger partial charge in [-0.2, -0.15) is 0 Å². The quantitative estimate of drug-likeness (QED) is 0.402. The third-order valence-corrected chi connectivity index (χ3v) is 6.39. The van der Waals surface area contributed by atoms with Crippen LogP contribution in [-0.4, -0.2) is 50.1 Å². The first-order chi connectivity index (χ1) is 17.9. The van der Waals surface area contributed by atoms with E-state index in [0.29, 0.717) is 58.6 Å². The summed E-state index contributed by atoms with van der Waals surface area (Å²) in [6.45, 7) is 2.44. The van der Waals surface area contributed by atoms with Crippen LogP contribution in [0.3, 0.4) is 0 Å². The number of likely N-dealkylation sites (tertiary alicyclic amines) is 1. The molecule has 0 spiro atoms. The second-order valence-corrected chi connectivity index (χ2v) is 8.82. The molecule has 5 rings (SSSR count). The van der Waals surface area contributed by atoms with Crippen molar-refractivity contribution in [3.63, 3.8) is 0 Å². The lowest BCUT2D eigenvalue weighted by Gasteiger charge is -2.14. The van der Waals surface area contributed by atoms with E-state index in [2.05, 4.69) is 21.8 Å². The van der Waals surface area contributed by atoms with Crippen LogP contribution in [0.15, 0.2) is 53.6 Å². The molecule has 2 aromatic carbocycles. The summed E-state index contributed by atoms with van der Waals surface area (Å²) in [7, 11) is 1.51. The minimum atomic E-state index is -0.353. The standard InChI is InChI=1S/C26H23ClN6O4/c1-3-5-22(34)31-11-10-18(14-31)33-25-23(24(28)29-15-30-25)32(26(33)35)17-8-9-20(21(13-17)36-2)37-19-7-4-6-16(27)12-19/h4,6-9,12-13,15,18H,10-11,14H2,1-2H3,(H2,28,29,30). The highest BCUT2D eigenvalue weighted by Gasteiger charge is 2.31. The lowest BCUT2D eigenvalue weighted by Crippen LogP contribution is -2.31. The number of nitrogen functional groups attached to an aromatic ring is 1. The topological polar surface area (TPSA) is 118 Å². The molecule has 1 amide bonds. The molecule has 1 aliphatic heterocycles. The van der Waals surface area contributed by atoms with Gasteiger partial charge in [0.15, 0.2) is 23.0 Å². The van der Waals surface area contributed by atoms with E-state index in [0.717, 1.165) is 0 Å². The molecular formula is C26H23ClN6O4. The van der Waals surface area contributed by atoms with E-state index in [-0.39, 0.29) is 23.5 Å². The number of nitrogens with two attached hydrogens (primary N) is 1. The van der Waals surface area contributed by atoms with Crippen molar-refractivity contribution < 1.29 is 14.3 Å². The van der Waals surface area contributed by atoms with Crippen LogP contribution in [0.5, 0.6) is 17.2 Å². The number of anilines is 1. The van der Waals surface area contributed by atoms with E-state index in [4.69, 9.17) is 26.8 Å². The molecule has 2 N–H and O–H groups in total. The molecule has 1 unspecified atom stereocenters. The number of carbonyl (C=O) groups excluding carboxylic acids is 1. The Balaban J connectivity index is 1.58. The lowest BCUT2D eigenvalue weighted by molar-refractivity contribution is -0.124. The summed E-state index contributed by atoms with van der Waals surface area (Å²) in [4.78, 5) is 36.2. The van der Waals surface area contributed by atoms with Gasteiger partial charge in [0.05, 0.1) is 18.8 Å². The average molecular weight is 519 g/mol. The van der Waals surface area contributed by atoms with Gasteiger partial charge in [0.25, 0.3) is 5.91 Å². The van der Waals surface area contributed by atoms with Crippen molar-refractivity contribution in [1.82, 2.24) is 24.0 Å². The Labute approximate surface area is 217 Å². The third kappa shape index (κ3) is 4.45. The second-order valence-electron chi connectivity index (χ2n) is 8.38. The van der Waals surface area contributed by atoms with E-state index in [1.54, 1.807) is 58.9 Å². The van der Waals surface area contributed by atoms with Crippen molar-refractivity contribution in [2.45, 2.75) is 19.4 Å². The zero-order valence-corrected chi connectivity index (χ0v) is 20.9. The molecule has 1 aliphatic rings. The Bertz CT molecular complexity index is 1630. The van der Waals surface area contributed by atoms with Crippen molar-refractivity contribution in [1.29, 1.82) is 0 Å². The molecule has 4 aromatic rings. The van der Waals surface area contributed by atoms with Crippen molar-refractivity contribution in [3.05, 3.63) is 64.3 Å². The maximum atomic E-state index is 13.8. The Morgan fingerprint density at radius 2 is 2.03 bits per heavy atom. The molecule has 0 aliphatic carbocycles. The van der Waals surface area contributed by atoms with E-state index in [9.17, 15) is 9.59 Å². The first-order valence-corrected chi connectivity index (χ1v) is 11.9. The van der Waals surface area contributed by atoms with Crippen LogP contribution in [0.2, 0.25) is 5.02 Å². The highest BCUT2D eigenvalue weighted by molar-refractivity contribution is 6.30. The largest absolute Gasteiger partial charge is 0.493 e. The van der Waals surface area contributed by atoms with Gasteiger partial charge in [0.1, 0.15) is 17.6 Å². The van der Waals surface area contributed by atoms with Crippen LogP contribution >= 0.6 is 11.6 Å². The van der Waals surface area contributed by atoms with Gasteiger partial charge in [-0.1, -0.05) is 23.6 Å². The van der Waals surface area contributed by atoms with Gasteiger partial charge >= 0.3 is 5.69 Å². The predicted octanol–water partition coefficient (Wildman–Crippen LogP) is 3.42. The molecule has 11 heteroatoms. The maximum absolute atomic E-state index is 13.8. The summed E-state index contributed by atoms with van der Waals surface area (Å²) in [6, 6.07) is 11.8. The third-order valence-electron chi connectivity index (χ3n) is 6.16. The maximum Gasteiger partial charge on any atom is 0.335 e. The van der Waals surface area contributed by atoms with Crippen LogP contribution in [-0.2, 0) is 4.79 Å². The Morgan fingerprint density at radius 3 is 2.78 bits per heavy atom. The highest BCUT2D eigenvalue weighted by Crippen LogP contribution is 2.35. The van der Waals surface area contributed by atoms with Crippen LogP contribution < -0.4 is 20.9 Å². The first kappa shape index (κ1) is 24.2. The summed E-state index contributed by atoms with van der Waals surface area (Å²) in [5.74, 6) is 6.45. The van der Waals surface area contributed by atoms with E-state index >= 15 is 0 Å². The molecule has 0 saturated carbocycles. The number of imidazole rings is 1. The summed E-state index contributed by atoms with van der Waals surface area (Å²) >= 11 is 6.07. The summed E-state index contributed by atoms with van der Waals surface area (Å²) in [5.41, 5.74) is 7.13. The number of fused-ring (bicyclic) bond motifs is 1. The van der Waals surface area contributed by atoms with E-state index in [1.165, 1.54) is 18.0 Å². The second kappa shape index (κ2) is 9.87. The number of benzene rings is 2. The predicted molar refractivity (Wildman–Crippen MR) is 139 cm³/mol. The molecule has 2 aromatic heterocycles. The summed E-state index contributed by atoms with van der Waals surface area (Å²) in [6.07, 6.45) is 1.90. The van der Waals surface area contributed by atoms with Gasteiger partial charge in [-0.15, -0.1) is 0 Å². The average Bonchev–Trinajstić information content (AvgIpc) is 3.47. The molecule has 3 heterocycles. The fourth-order valence-electron chi connectivity index (χ4n) is 4.50. The number of hydrogen-bond acceptors (Lipinski definition) is 7. The number of hydrogen-bond donors (Lipinski definition) is 1. The van der Waals surface area contributed by atoms with Crippen LogP contribution in [0, 0.1) is 11.8 Å². The van der Waals surface area contributed by atoms with E-state index in [1.807, 2.05) is 0 Å². The number of ether oxygens (including phenoxy) is 2. The molecule has 1 saturated heterocycles. The fraction of sp³-hybridized carbons (Fsp3) is 0.231. The van der Waals surface area contributed by atoms with Gasteiger partial charge in [0, 0.05) is 24.2 Å². The van der Waals surface area contributed by atoms with E-state index < -0.39 is 0 Å². The van der Waals surface area contributed by atoms with Crippen molar-refractivity contribution in [2.75, 3.05) is 25.9 Å². The number of methoxy groups -OCH3 is 1. The molecular weight excluding hydrogens is 496 g/mol. The number of halogens is 1. The number of carbonyl (C=O) groups is 1. The van der Waals surface area contributed by atoms with Crippen molar-refractivity contribution >= 4 is 34.5 Å². The molecule has 1 atom stereocenters. The number of rotatable bonds is 5. The number of amides is 1. The SMILES string of the molecule is CC#CC(=O)N1CCC(n2c(=O)n(-c3ccc(Oc4cccc(Cl)c4)c(OC)c3)c3c(N)ncnc32)C1. The lowest BCUT2D eigenvalue weighted by atomic mass is 10.2. The Morgan fingerprint density at radius 1 is 1.19 bits per heavy atom. The molecule has 0 bridgehead atoms.